The molecule has 0 N–H and O–H groups in total. The van der Waals surface area contributed by atoms with Gasteiger partial charge in [-0.25, -0.2) is 9.46 Å². The average molecular weight is 888 g/mol. The van der Waals surface area contributed by atoms with Crippen LogP contribution in [0.5, 0.6) is 11.5 Å². The SMILES string of the molecule is COc1ccc(C(OC[C@H]2O[C@@H](n3ccc(N(C)C)nc3=O)[C@H](O[Si](C)(C)C(C)(C)C)[C@@H]2OP(OCCC#N)N(C(C)C)C(C)C)(c2ccccc2)c2ccc(OC)cc2)cc1. The van der Waals surface area contributed by atoms with Crippen LogP contribution >= 0.6 is 8.53 Å². The van der Waals surface area contributed by atoms with Crippen molar-refractivity contribution in [1.82, 2.24) is 14.2 Å². The maximum atomic E-state index is 14.1. The Kier molecular flexibility index (Phi) is 16.6. The molecule has 13 nitrogen and oxygen atoms in total. The molecule has 1 aliphatic rings. The van der Waals surface area contributed by atoms with Crippen LogP contribution in [0.2, 0.25) is 18.1 Å². The van der Waals surface area contributed by atoms with Gasteiger partial charge in [0.2, 0.25) is 0 Å². The van der Waals surface area contributed by atoms with Crippen LogP contribution in [0.3, 0.4) is 0 Å². The largest absolute Gasteiger partial charge is 0.497 e. The number of aromatic nitrogens is 2. The van der Waals surface area contributed by atoms with Crippen molar-refractivity contribution in [3.8, 4) is 17.6 Å². The third kappa shape index (κ3) is 10.9. The average Bonchev–Trinajstić information content (AvgIpc) is 3.55. The second-order valence-corrected chi connectivity index (χ2v) is 23.9. The molecule has 1 aromatic heterocycles. The lowest BCUT2D eigenvalue weighted by Crippen LogP contribution is -2.50. The summed E-state index contributed by atoms with van der Waals surface area (Å²) in [5.41, 5.74) is 0.915. The van der Waals surface area contributed by atoms with Gasteiger partial charge in [-0.15, -0.1) is 0 Å². The number of rotatable bonds is 20. The fraction of sp³-hybridized carbons (Fsp3) is 0.511. The van der Waals surface area contributed by atoms with Gasteiger partial charge in [0.25, 0.3) is 8.53 Å². The molecular weight excluding hydrogens is 822 g/mol. The molecule has 0 bridgehead atoms. The topological polar surface area (TPSA) is 130 Å². The van der Waals surface area contributed by atoms with Gasteiger partial charge in [0.05, 0.1) is 39.9 Å². The van der Waals surface area contributed by atoms with Gasteiger partial charge < -0.3 is 37.3 Å². The molecule has 2 heterocycles. The fourth-order valence-corrected chi connectivity index (χ4v) is 10.4. The quantitative estimate of drug-likeness (QED) is 0.0363. The molecule has 0 amide bonds. The van der Waals surface area contributed by atoms with E-state index in [1.807, 2.05) is 93.0 Å². The molecule has 0 saturated carbocycles. The Morgan fingerprint density at radius 1 is 0.855 bits per heavy atom. The van der Waals surface area contributed by atoms with Crippen molar-refractivity contribution < 1.29 is 32.4 Å². The number of ether oxygens (including phenoxy) is 4. The molecule has 15 heteroatoms. The highest BCUT2D eigenvalue weighted by atomic mass is 31.2. The molecule has 336 valence electrons. The van der Waals surface area contributed by atoms with Crippen molar-refractivity contribution in [2.45, 2.75) is 115 Å². The van der Waals surface area contributed by atoms with Crippen LogP contribution in [0.4, 0.5) is 5.82 Å². The minimum absolute atomic E-state index is 0.00579. The van der Waals surface area contributed by atoms with E-state index in [9.17, 15) is 10.1 Å². The van der Waals surface area contributed by atoms with Crippen LogP contribution in [0, 0.1) is 11.3 Å². The minimum Gasteiger partial charge on any atom is -0.497 e. The first-order valence-electron chi connectivity index (χ1n) is 21.2. The number of hydrogen-bond acceptors (Lipinski definition) is 12. The van der Waals surface area contributed by atoms with E-state index < -0.39 is 52.7 Å². The van der Waals surface area contributed by atoms with Gasteiger partial charge >= 0.3 is 5.69 Å². The molecule has 5 rings (SSSR count). The van der Waals surface area contributed by atoms with Crippen LogP contribution in [0.15, 0.2) is 95.9 Å². The van der Waals surface area contributed by atoms with Crippen molar-refractivity contribution >= 4 is 22.7 Å². The highest BCUT2D eigenvalue weighted by molar-refractivity contribution is 7.44. The Bertz CT molecular complexity index is 2070. The van der Waals surface area contributed by atoms with Gasteiger partial charge in [-0.3, -0.25) is 4.57 Å². The second-order valence-electron chi connectivity index (χ2n) is 17.7. The van der Waals surface area contributed by atoms with Gasteiger partial charge in [-0.1, -0.05) is 75.4 Å². The molecule has 1 aliphatic heterocycles. The lowest BCUT2D eigenvalue weighted by molar-refractivity contribution is -0.0943. The summed E-state index contributed by atoms with van der Waals surface area (Å²) < 4.78 is 50.6. The Morgan fingerprint density at radius 3 is 1.87 bits per heavy atom. The van der Waals surface area contributed by atoms with E-state index >= 15 is 0 Å². The molecule has 0 aliphatic carbocycles. The van der Waals surface area contributed by atoms with E-state index in [0.29, 0.717) is 17.3 Å². The predicted octanol–water partition coefficient (Wildman–Crippen LogP) is 9.28. The molecule has 4 aromatic rings. The number of anilines is 1. The minimum atomic E-state index is -2.61. The van der Waals surface area contributed by atoms with E-state index in [0.717, 1.165) is 16.7 Å². The molecule has 0 radical (unpaired) electrons. The van der Waals surface area contributed by atoms with Gasteiger partial charge in [-0.2, -0.15) is 10.2 Å². The summed E-state index contributed by atoms with van der Waals surface area (Å²) in [6, 6.07) is 29.8. The van der Waals surface area contributed by atoms with Crippen LogP contribution in [0.1, 0.15) is 77.8 Å². The van der Waals surface area contributed by atoms with Crippen molar-refractivity contribution in [3.05, 3.63) is 118 Å². The zero-order chi connectivity index (χ0) is 45.4. The van der Waals surface area contributed by atoms with E-state index in [4.69, 9.17) is 32.4 Å². The standard InChI is InChI=1S/C47H66N5O8PSi/c1-33(2)52(34(3)4)61(57-31-17-29-48)59-42-40(58-44(43(42)60-62(12,13)46(5,6)7)51-30-28-41(50(8)9)49-45(51)53)32-56-47(35-18-15-14-16-19-35,36-20-24-38(54-10)25-21-36)37-22-26-39(55-11)27-23-37/h14-16,18-28,30,33-34,40,42-44H,17,31-32H2,1-13H3/t40-,42-,43-,44-,61?/m1/s1. The molecule has 1 saturated heterocycles. The Hall–Kier alpha value is -4.16. The van der Waals surface area contributed by atoms with Crippen molar-refractivity contribution in [2.24, 2.45) is 0 Å². The highest BCUT2D eigenvalue weighted by Gasteiger charge is 2.54. The van der Waals surface area contributed by atoms with Gasteiger partial charge in [0, 0.05) is 32.4 Å². The van der Waals surface area contributed by atoms with Gasteiger partial charge in [0.1, 0.15) is 41.2 Å². The first kappa shape index (κ1) is 48.9. The highest BCUT2D eigenvalue weighted by Crippen LogP contribution is 2.52. The molecule has 1 fully saturated rings. The third-order valence-corrected chi connectivity index (χ3v) is 18.2. The monoisotopic (exact) mass is 887 g/mol. The zero-order valence-electron chi connectivity index (χ0n) is 38.7. The summed E-state index contributed by atoms with van der Waals surface area (Å²) in [6.07, 6.45) is -1.47. The number of nitrogens with zero attached hydrogens (tertiary/aromatic N) is 5. The number of nitriles is 1. The van der Waals surface area contributed by atoms with Crippen LogP contribution in [-0.4, -0.2) is 94.5 Å². The summed E-state index contributed by atoms with van der Waals surface area (Å²) in [5, 5.41) is 9.34. The van der Waals surface area contributed by atoms with E-state index in [1.165, 1.54) is 4.57 Å². The molecule has 62 heavy (non-hydrogen) atoms. The van der Waals surface area contributed by atoms with Crippen LogP contribution in [0.25, 0.3) is 0 Å². The lowest BCUT2D eigenvalue weighted by Gasteiger charge is -2.42. The smallest absolute Gasteiger partial charge is 0.351 e. The molecule has 5 atom stereocenters. The summed E-state index contributed by atoms with van der Waals surface area (Å²) in [4.78, 5) is 20.3. The molecule has 3 aromatic carbocycles. The summed E-state index contributed by atoms with van der Waals surface area (Å²) in [6.45, 7) is 19.4. The summed E-state index contributed by atoms with van der Waals surface area (Å²) in [5.74, 6) is 1.93. The first-order chi connectivity index (χ1) is 29.4. The maximum absolute atomic E-state index is 14.1. The fourth-order valence-electron chi connectivity index (χ4n) is 7.36. The van der Waals surface area contributed by atoms with Crippen LogP contribution < -0.4 is 20.1 Å². The second kappa shape index (κ2) is 21.0. The van der Waals surface area contributed by atoms with Crippen molar-refractivity contribution in [2.75, 3.05) is 46.4 Å². The normalized spacial score (nSPS) is 18.9. The Morgan fingerprint density at radius 2 is 1.40 bits per heavy atom. The van der Waals surface area contributed by atoms with Crippen molar-refractivity contribution in [3.63, 3.8) is 0 Å². The summed E-state index contributed by atoms with van der Waals surface area (Å²) in [7, 11) is 2.56. The molecule has 0 spiro atoms. The van der Waals surface area contributed by atoms with Crippen molar-refractivity contribution in [1.29, 1.82) is 5.26 Å². The van der Waals surface area contributed by atoms with Gasteiger partial charge in [-0.05, 0) is 92.8 Å². The Labute approximate surface area is 370 Å². The van der Waals surface area contributed by atoms with E-state index in [-0.39, 0.29) is 36.8 Å². The lowest BCUT2D eigenvalue weighted by atomic mass is 9.80. The van der Waals surface area contributed by atoms with E-state index in [2.05, 4.69) is 77.3 Å². The molecule has 1 unspecified atom stereocenters. The summed E-state index contributed by atoms with van der Waals surface area (Å²) >= 11 is 0. The zero-order valence-corrected chi connectivity index (χ0v) is 40.6. The maximum Gasteiger partial charge on any atom is 0.351 e. The Balaban J connectivity index is 1.74. The molecular formula is C47H66N5O8PSi. The third-order valence-electron chi connectivity index (χ3n) is 11.6. The van der Waals surface area contributed by atoms with Gasteiger partial charge in [0.15, 0.2) is 14.5 Å². The number of benzene rings is 3. The number of hydrogen-bond donors (Lipinski definition) is 0. The number of methoxy groups -OCH3 is 2. The predicted molar refractivity (Wildman–Crippen MR) is 247 cm³/mol. The first-order valence-corrected chi connectivity index (χ1v) is 25.3. The van der Waals surface area contributed by atoms with E-state index in [1.54, 1.807) is 31.4 Å². The van der Waals surface area contributed by atoms with Crippen LogP contribution in [-0.2, 0) is 28.5 Å².